The summed E-state index contributed by atoms with van der Waals surface area (Å²) in [6, 6.07) is 0. The average molecular weight is 231 g/mol. The minimum atomic E-state index is -1.22. The Bertz CT molecular complexity index is 288. The lowest BCUT2D eigenvalue weighted by Gasteiger charge is -2.40. The molecule has 6 heteroatoms. The third kappa shape index (κ3) is 1.58. The maximum absolute atomic E-state index is 12.1. The van der Waals surface area contributed by atoms with Gasteiger partial charge < -0.3 is 19.7 Å². The minimum absolute atomic E-state index is 0.310. The van der Waals surface area contributed by atoms with Gasteiger partial charge in [-0.3, -0.25) is 0 Å². The van der Waals surface area contributed by atoms with Crippen LogP contribution in [0.2, 0.25) is 0 Å². The van der Waals surface area contributed by atoms with E-state index < -0.39 is 28.1 Å². The summed E-state index contributed by atoms with van der Waals surface area (Å²) in [6.45, 7) is 3.02. The first kappa shape index (κ1) is 12.9. The maximum Gasteiger partial charge on any atom is 0.367 e. The van der Waals surface area contributed by atoms with Crippen LogP contribution in [0.5, 0.6) is 0 Å². The molecule has 16 heavy (non-hydrogen) atoms. The first-order chi connectivity index (χ1) is 7.32. The first-order valence-corrected chi connectivity index (χ1v) is 5.04. The van der Waals surface area contributed by atoms with Gasteiger partial charge in [0.1, 0.15) is 0 Å². The van der Waals surface area contributed by atoms with E-state index in [1.807, 2.05) is 0 Å². The molecule has 92 valence electrons. The second-order valence-corrected chi connectivity index (χ2v) is 4.48. The van der Waals surface area contributed by atoms with Crippen molar-refractivity contribution in [2.24, 2.45) is 0 Å². The molecule has 0 aromatic heterocycles. The number of carbonyl (C=O) groups is 2. The van der Waals surface area contributed by atoms with E-state index in [0.717, 1.165) is 0 Å². The van der Waals surface area contributed by atoms with Gasteiger partial charge in [0.15, 0.2) is 11.1 Å². The third-order valence-corrected chi connectivity index (χ3v) is 3.40. The van der Waals surface area contributed by atoms with Crippen molar-refractivity contribution < 1.29 is 24.1 Å². The number of quaternary nitrogens is 1. The fourth-order valence-corrected chi connectivity index (χ4v) is 2.18. The SMILES string of the molecule is COC(=O)[C@@]1(C)CC[C@](C)(C(=O)OC)[NH+]1[O-]. The number of methoxy groups -OCH3 is 2. The molecule has 1 aliphatic rings. The summed E-state index contributed by atoms with van der Waals surface area (Å²) in [5, 5.41) is 11.7. The van der Waals surface area contributed by atoms with Gasteiger partial charge in [-0.25, -0.2) is 9.59 Å². The van der Waals surface area contributed by atoms with Crippen LogP contribution in [0.15, 0.2) is 0 Å². The highest BCUT2D eigenvalue weighted by Gasteiger charge is 2.59. The van der Waals surface area contributed by atoms with E-state index in [-0.39, 0.29) is 0 Å². The largest absolute Gasteiger partial charge is 0.633 e. The molecule has 0 radical (unpaired) electrons. The highest BCUT2D eigenvalue weighted by Crippen LogP contribution is 2.26. The molecule has 1 rings (SSSR count). The zero-order valence-electron chi connectivity index (χ0n) is 9.96. The predicted molar refractivity (Wildman–Crippen MR) is 54.4 cm³/mol. The topological polar surface area (TPSA) is 80.1 Å². The van der Waals surface area contributed by atoms with Gasteiger partial charge in [-0.2, -0.15) is 0 Å². The Hall–Kier alpha value is -1.14. The fourth-order valence-electron chi connectivity index (χ4n) is 2.18. The summed E-state index contributed by atoms with van der Waals surface area (Å²) >= 11 is 0. The van der Waals surface area contributed by atoms with Gasteiger partial charge >= 0.3 is 11.9 Å². The molecule has 1 aliphatic heterocycles. The van der Waals surface area contributed by atoms with E-state index in [1.165, 1.54) is 28.1 Å². The molecule has 0 bridgehead atoms. The van der Waals surface area contributed by atoms with Gasteiger partial charge in [-0.1, -0.05) is 0 Å². The summed E-state index contributed by atoms with van der Waals surface area (Å²) in [7, 11) is 2.46. The molecular weight excluding hydrogens is 214 g/mol. The zero-order valence-corrected chi connectivity index (χ0v) is 9.96. The lowest BCUT2D eigenvalue weighted by molar-refractivity contribution is -0.917. The lowest BCUT2D eigenvalue weighted by Crippen LogP contribution is -3.22. The molecule has 0 amide bonds. The van der Waals surface area contributed by atoms with E-state index >= 15 is 0 Å². The van der Waals surface area contributed by atoms with Crippen LogP contribution in [0.25, 0.3) is 0 Å². The number of esters is 2. The van der Waals surface area contributed by atoms with Crippen LogP contribution in [0.4, 0.5) is 0 Å². The van der Waals surface area contributed by atoms with Crippen molar-refractivity contribution in [1.29, 1.82) is 0 Å². The van der Waals surface area contributed by atoms with Crippen molar-refractivity contribution in [1.82, 2.24) is 0 Å². The summed E-state index contributed by atoms with van der Waals surface area (Å²) in [5.74, 6) is -1.18. The number of hydrogen-bond acceptors (Lipinski definition) is 5. The van der Waals surface area contributed by atoms with Gasteiger partial charge in [0.05, 0.1) is 14.2 Å². The standard InChI is InChI=1S/C10H17NO5/c1-9(7(12)15-3)5-6-10(2,11(9)14)8(13)16-4/h11H,5-6H2,1-4H3/t9-,10-/m1/s1. The summed E-state index contributed by atoms with van der Waals surface area (Å²) in [5.41, 5.74) is -2.45. The maximum atomic E-state index is 12.1. The minimum Gasteiger partial charge on any atom is -0.633 e. The number of ether oxygens (including phenoxy) is 2. The van der Waals surface area contributed by atoms with Crippen LogP contribution in [0, 0.1) is 5.21 Å². The molecular formula is C10H17NO5. The molecule has 1 saturated heterocycles. The first-order valence-electron chi connectivity index (χ1n) is 5.04. The number of hydrogen-bond donors (Lipinski definition) is 1. The van der Waals surface area contributed by atoms with Crippen molar-refractivity contribution in [3.8, 4) is 0 Å². The van der Waals surface area contributed by atoms with Crippen LogP contribution in [0.3, 0.4) is 0 Å². The molecule has 0 spiro atoms. The fraction of sp³-hybridized carbons (Fsp3) is 0.800. The number of nitrogens with one attached hydrogen (secondary N) is 1. The Morgan fingerprint density at radius 3 is 1.62 bits per heavy atom. The molecule has 1 heterocycles. The van der Waals surface area contributed by atoms with Crippen molar-refractivity contribution in [3.63, 3.8) is 0 Å². The summed E-state index contributed by atoms with van der Waals surface area (Å²) < 4.78 is 9.20. The smallest absolute Gasteiger partial charge is 0.367 e. The average Bonchev–Trinajstić information content (AvgIpc) is 2.54. The van der Waals surface area contributed by atoms with E-state index in [2.05, 4.69) is 9.47 Å². The Morgan fingerprint density at radius 2 is 1.38 bits per heavy atom. The molecule has 1 N–H and O–H groups in total. The van der Waals surface area contributed by atoms with E-state index in [9.17, 15) is 14.8 Å². The van der Waals surface area contributed by atoms with Crippen LogP contribution < -0.4 is 5.06 Å². The van der Waals surface area contributed by atoms with Crippen molar-refractivity contribution >= 4 is 11.9 Å². The Morgan fingerprint density at radius 1 is 1.06 bits per heavy atom. The number of hydroxylamine groups is 2. The summed E-state index contributed by atoms with van der Waals surface area (Å²) in [6.07, 6.45) is 0.619. The van der Waals surface area contributed by atoms with Gasteiger partial charge in [-0.15, -0.1) is 0 Å². The predicted octanol–water partition coefficient (Wildman–Crippen LogP) is -0.974. The quantitative estimate of drug-likeness (QED) is 0.488. The van der Waals surface area contributed by atoms with E-state index in [1.54, 1.807) is 0 Å². The lowest BCUT2D eigenvalue weighted by atomic mass is 9.98. The second-order valence-electron chi connectivity index (χ2n) is 4.48. The van der Waals surface area contributed by atoms with Crippen LogP contribution in [0.1, 0.15) is 26.7 Å². The van der Waals surface area contributed by atoms with Gasteiger partial charge in [0.2, 0.25) is 0 Å². The number of carbonyl (C=O) groups excluding carboxylic acids is 2. The molecule has 1 fully saturated rings. The zero-order chi connectivity index (χ0) is 12.6. The van der Waals surface area contributed by atoms with E-state index in [4.69, 9.17) is 0 Å². The van der Waals surface area contributed by atoms with E-state index in [0.29, 0.717) is 12.8 Å². The van der Waals surface area contributed by atoms with Gasteiger partial charge in [-0.05, 0) is 0 Å². The monoisotopic (exact) mass is 231 g/mol. The normalized spacial score (nSPS) is 34.8. The van der Waals surface area contributed by atoms with Gasteiger partial charge in [0.25, 0.3) is 0 Å². The van der Waals surface area contributed by atoms with Crippen LogP contribution in [-0.4, -0.2) is 37.2 Å². The number of rotatable bonds is 2. The summed E-state index contributed by atoms with van der Waals surface area (Å²) in [4.78, 5) is 23.1. The molecule has 2 atom stereocenters. The molecule has 6 nitrogen and oxygen atoms in total. The molecule has 0 saturated carbocycles. The van der Waals surface area contributed by atoms with Crippen molar-refractivity contribution in [3.05, 3.63) is 5.21 Å². The Kier molecular flexibility index (Phi) is 3.25. The molecule has 0 aromatic carbocycles. The third-order valence-electron chi connectivity index (χ3n) is 3.40. The van der Waals surface area contributed by atoms with Crippen LogP contribution in [-0.2, 0) is 19.1 Å². The highest BCUT2D eigenvalue weighted by molar-refractivity contribution is 5.83. The van der Waals surface area contributed by atoms with Crippen molar-refractivity contribution in [2.75, 3.05) is 14.2 Å². The Balaban J connectivity index is 3.01. The van der Waals surface area contributed by atoms with Crippen molar-refractivity contribution in [2.45, 2.75) is 37.8 Å². The van der Waals surface area contributed by atoms with Gasteiger partial charge in [0, 0.05) is 26.7 Å². The molecule has 0 unspecified atom stereocenters. The highest BCUT2D eigenvalue weighted by atomic mass is 16.6. The molecule has 0 aromatic rings. The second kappa shape index (κ2) is 4.03. The molecule has 0 aliphatic carbocycles. The van der Waals surface area contributed by atoms with Crippen LogP contribution >= 0.6 is 0 Å². The Labute approximate surface area is 94.1 Å².